The highest BCUT2D eigenvalue weighted by Crippen LogP contribution is 2.28. The van der Waals surface area contributed by atoms with Crippen LogP contribution in [0.2, 0.25) is 0 Å². The van der Waals surface area contributed by atoms with Crippen molar-refractivity contribution in [2.45, 2.75) is 18.9 Å². The van der Waals surface area contributed by atoms with Crippen molar-refractivity contribution in [3.8, 4) is 0 Å². The summed E-state index contributed by atoms with van der Waals surface area (Å²) in [5.41, 5.74) is -0.449. The first-order chi connectivity index (χ1) is 8.05. The molecule has 0 bridgehead atoms. The molecule has 0 saturated carbocycles. The van der Waals surface area contributed by atoms with Gasteiger partial charge in [-0.1, -0.05) is 0 Å². The highest BCUT2D eigenvalue weighted by molar-refractivity contribution is 7.99. The summed E-state index contributed by atoms with van der Waals surface area (Å²) in [4.78, 5) is 23.2. The molecule has 0 aromatic carbocycles. The van der Waals surface area contributed by atoms with E-state index in [0.717, 1.165) is 5.75 Å². The van der Waals surface area contributed by atoms with Crippen molar-refractivity contribution in [2.75, 3.05) is 11.5 Å². The number of carboxylic acid groups (broad SMARTS) is 1. The van der Waals surface area contributed by atoms with Crippen molar-refractivity contribution in [3.63, 3.8) is 0 Å². The molecule has 1 unspecified atom stereocenters. The summed E-state index contributed by atoms with van der Waals surface area (Å²) in [6.07, 6.45) is 1.86. The molecule has 0 radical (unpaired) electrons. The lowest BCUT2D eigenvalue weighted by Gasteiger charge is -2.23. The minimum absolute atomic E-state index is 0.183. The zero-order chi connectivity index (χ0) is 12.5. The van der Waals surface area contributed by atoms with Crippen molar-refractivity contribution in [1.29, 1.82) is 0 Å². The van der Waals surface area contributed by atoms with Gasteiger partial charge in [-0.3, -0.25) is 4.79 Å². The molecule has 2 rings (SSSR count). The standard InChI is InChI=1S/C11H13NO4S/c1-7-2-4-16-8(7)9(13)12-11(10(14)15)3-5-17-6-11/h2,4H,3,5-6H2,1H3,(H,12,13)(H,14,15). The first kappa shape index (κ1) is 12.0. The molecule has 1 aromatic heterocycles. The third kappa shape index (κ3) is 2.17. The summed E-state index contributed by atoms with van der Waals surface area (Å²) in [7, 11) is 0. The van der Waals surface area contributed by atoms with Gasteiger partial charge >= 0.3 is 5.97 Å². The predicted molar refractivity (Wildman–Crippen MR) is 63.2 cm³/mol. The fourth-order valence-corrected chi connectivity index (χ4v) is 3.09. The zero-order valence-corrected chi connectivity index (χ0v) is 10.2. The minimum atomic E-state index is -1.15. The molecule has 17 heavy (non-hydrogen) atoms. The molecular weight excluding hydrogens is 242 g/mol. The number of nitrogens with one attached hydrogen (secondary N) is 1. The maximum atomic E-state index is 11.9. The van der Waals surface area contributed by atoms with E-state index in [4.69, 9.17) is 4.42 Å². The van der Waals surface area contributed by atoms with E-state index in [1.165, 1.54) is 18.0 Å². The van der Waals surface area contributed by atoms with Gasteiger partial charge in [-0.05, 0) is 25.2 Å². The smallest absolute Gasteiger partial charge is 0.330 e. The molecule has 1 amide bonds. The molecule has 0 aliphatic carbocycles. The number of furan rings is 1. The number of rotatable bonds is 3. The highest BCUT2D eigenvalue weighted by Gasteiger charge is 2.43. The lowest BCUT2D eigenvalue weighted by atomic mass is 9.99. The molecule has 1 aliphatic rings. The normalized spacial score (nSPS) is 23.6. The fourth-order valence-electron chi connectivity index (χ4n) is 1.77. The Morgan fingerprint density at radius 3 is 2.82 bits per heavy atom. The fraction of sp³-hybridized carbons (Fsp3) is 0.455. The molecule has 92 valence electrons. The molecule has 2 heterocycles. The molecule has 1 saturated heterocycles. The number of aryl methyl sites for hydroxylation is 1. The summed E-state index contributed by atoms with van der Waals surface area (Å²) in [5.74, 6) is -0.127. The van der Waals surface area contributed by atoms with E-state index in [9.17, 15) is 14.7 Å². The monoisotopic (exact) mass is 255 g/mol. The second-order valence-corrected chi connectivity index (χ2v) is 5.18. The summed E-state index contributed by atoms with van der Waals surface area (Å²) in [6, 6.07) is 1.67. The first-order valence-electron chi connectivity index (χ1n) is 5.23. The molecule has 0 spiro atoms. The second-order valence-electron chi connectivity index (χ2n) is 4.08. The molecule has 1 fully saturated rings. The maximum Gasteiger partial charge on any atom is 0.330 e. The largest absolute Gasteiger partial charge is 0.479 e. The van der Waals surface area contributed by atoms with Gasteiger partial charge in [0.15, 0.2) is 5.76 Å². The summed E-state index contributed by atoms with van der Waals surface area (Å²) in [5, 5.41) is 11.8. The lowest BCUT2D eigenvalue weighted by molar-refractivity contribution is -0.143. The summed E-state index contributed by atoms with van der Waals surface area (Å²) in [6.45, 7) is 1.75. The minimum Gasteiger partial charge on any atom is -0.479 e. The zero-order valence-electron chi connectivity index (χ0n) is 9.36. The number of thioether (sulfide) groups is 1. The van der Waals surface area contributed by atoms with Crippen LogP contribution in [0.1, 0.15) is 22.5 Å². The van der Waals surface area contributed by atoms with Crippen LogP contribution in [-0.4, -0.2) is 34.0 Å². The van der Waals surface area contributed by atoms with E-state index in [-0.39, 0.29) is 5.76 Å². The quantitative estimate of drug-likeness (QED) is 0.850. The van der Waals surface area contributed by atoms with Gasteiger partial charge in [0.1, 0.15) is 5.54 Å². The Bertz CT molecular complexity index is 448. The second kappa shape index (κ2) is 4.44. The van der Waals surface area contributed by atoms with Crippen LogP contribution in [0, 0.1) is 6.92 Å². The van der Waals surface area contributed by atoms with Gasteiger partial charge < -0.3 is 14.8 Å². The topological polar surface area (TPSA) is 79.5 Å². The van der Waals surface area contributed by atoms with Gasteiger partial charge in [-0.25, -0.2) is 4.79 Å². The third-order valence-electron chi connectivity index (χ3n) is 2.85. The van der Waals surface area contributed by atoms with E-state index < -0.39 is 17.4 Å². The van der Waals surface area contributed by atoms with Crippen LogP contribution in [0.25, 0.3) is 0 Å². The molecule has 6 heteroatoms. The van der Waals surface area contributed by atoms with E-state index in [1.807, 2.05) is 0 Å². The molecular formula is C11H13NO4S. The van der Waals surface area contributed by atoms with E-state index in [1.54, 1.807) is 13.0 Å². The van der Waals surface area contributed by atoms with Crippen LogP contribution in [0.15, 0.2) is 16.7 Å². The van der Waals surface area contributed by atoms with E-state index in [0.29, 0.717) is 17.7 Å². The van der Waals surface area contributed by atoms with Crippen LogP contribution < -0.4 is 5.32 Å². The van der Waals surface area contributed by atoms with Gasteiger partial charge in [0.2, 0.25) is 0 Å². The Morgan fingerprint density at radius 1 is 1.59 bits per heavy atom. The average Bonchev–Trinajstić information content (AvgIpc) is 2.87. The van der Waals surface area contributed by atoms with Gasteiger partial charge in [-0.15, -0.1) is 0 Å². The Morgan fingerprint density at radius 2 is 2.35 bits per heavy atom. The maximum absolute atomic E-state index is 11.9. The third-order valence-corrected chi connectivity index (χ3v) is 4.04. The van der Waals surface area contributed by atoms with E-state index >= 15 is 0 Å². The van der Waals surface area contributed by atoms with Gasteiger partial charge in [-0.2, -0.15) is 11.8 Å². The number of carboxylic acids is 1. The van der Waals surface area contributed by atoms with Crippen LogP contribution in [-0.2, 0) is 4.79 Å². The number of carbonyl (C=O) groups is 2. The summed E-state index contributed by atoms with van der Waals surface area (Å²) < 4.78 is 5.05. The molecule has 5 nitrogen and oxygen atoms in total. The van der Waals surface area contributed by atoms with Crippen molar-refractivity contribution in [3.05, 3.63) is 23.7 Å². The van der Waals surface area contributed by atoms with Crippen LogP contribution in [0.4, 0.5) is 0 Å². The van der Waals surface area contributed by atoms with E-state index in [2.05, 4.69) is 5.32 Å². The first-order valence-corrected chi connectivity index (χ1v) is 6.38. The van der Waals surface area contributed by atoms with Crippen LogP contribution >= 0.6 is 11.8 Å². The SMILES string of the molecule is Cc1ccoc1C(=O)NC1(C(=O)O)CCSC1. The molecule has 1 aliphatic heterocycles. The average molecular weight is 255 g/mol. The Kier molecular flexibility index (Phi) is 3.15. The van der Waals surface area contributed by atoms with Crippen molar-refractivity contribution < 1.29 is 19.1 Å². The number of amides is 1. The molecule has 2 N–H and O–H groups in total. The van der Waals surface area contributed by atoms with Crippen molar-refractivity contribution in [2.24, 2.45) is 0 Å². The predicted octanol–water partition coefficient (Wildman–Crippen LogP) is 1.28. The van der Waals surface area contributed by atoms with Crippen molar-refractivity contribution >= 4 is 23.6 Å². The van der Waals surface area contributed by atoms with Crippen LogP contribution in [0.3, 0.4) is 0 Å². The van der Waals surface area contributed by atoms with Crippen LogP contribution in [0.5, 0.6) is 0 Å². The van der Waals surface area contributed by atoms with Gasteiger partial charge in [0.25, 0.3) is 5.91 Å². The highest BCUT2D eigenvalue weighted by atomic mass is 32.2. The van der Waals surface area contributed by atoms with Crippen molar-refractivity contribution in [1.82, 2.24) is 5.32 Å². The molecule has 1 atom stereocenters. The number of hydrogen-bond donors (Lipinski definition) is 2. The Hall–Kier alpha value is -1.43. The van der Waals surface area contributed by atoms with Gasteiger partial charge in [0.05, 0.1) is 6.26 Å². The molecule has 1 aromatic rings. The number of carbonyl (C=O) groups excluding carboxylic acids is 1. The van der Waals surface area contributed by atoms with Gasteiger partial charge in [0, 0.05) is 11.3 Å². The number of hydrogen-bond acceptors (Lipinski definition) is 4. The Labute approximate surface area is 103 Å². The Balaban J connectivity index is 2.17. The summed E-state index contributed by atoms with van der Waals surface area (Å²) >= 11 is 1.53. The number of aliphatic carboxylic acids is 1. The lowest BCUT2D eigenvalue weighted by Crippen LogP contribution is -2.54.